The molecule has 2 aromatic carbocycles. The number of aromatic nitrogens is 3. The van der Waals surface area contributed by atoms with E-state index in [4.69, 9.17) is 15.2 Å². The van der Waals surface area contributed by atoms with E-state index in [1.807, 2.05) is 0 Å². The summed E-state index contributed by atoms with van der Waals surface area (Å²) in [7, 11) is 0. The molecule has 2 N–H and O–H groups in total. The monoisotopic (exact) mass is 404 g/mol. The molecule has 0 saturated carbocycles. The number of fused-ring (bicyclic) bond motifs is 1. The lowest BCUT2D eigenvalue weighted by atomic mass is 10.0. The topological polar surface area (TPSA) is 84.3 Å². The molecule has 0 atom stereocenters. The first kappa shape index (κ1) is 18.8. The molecule has 1 aliphatic rings. The van der Waals surface area contributed by atoms with Crippen LogP contribution in [0, 0.1) is 5.82 Å². The molecule has 7 nitrogen and oxygen atoms in total. The van der Waals surface area contributed by atoms with Crippen molar-refractivity contribution in [1.82, 2.24) is 14.3 Å². The molecule has 0 bridgehead atoms. The average Bonchev–Trinajstić information content (AvgIpc) is 3.31. The van der Waals surface area contributed by atoms with Crippen LogP contribution >= 0.6 is 0 Å². The lowest BCUT2D eigenvalue weighted by Gasteiger charge is -2.07. The van der Waals surface area contributed by atoms with Crippen LogP contribution in [0.5, 0.6) is 11.5 Å². The van der Waals surface area contributed by atoms with Crippen molar-refractivity contribution in [2.45, 2.75) is 6.54 Å². The van der Waals surface area contributed by atoms with Crippen molar-refractivity contribution >= 4 is 0 Å². The van der Waals surface area contributed by atoms with Gasteiger partial charge in [-0.15, -0.1) is 0 Å². The summed E-state index contributed by atoms with van der Waals surface area (Å²) in [6, 6.07) is 9.26. The highest BCUT2D eigenvalue weighted by atomic mass is 19.3. The normalized spacial score (nSPS) is 12.3. The third-order valence-electron chi connectivity index (χ3n) is 4.50. The molecule has 29 heavy (non-hydrogen) atoms. The molecule has 2 heterocycles. The van der Waals surface area contributed by atoms with Gasteiger partial charge in [0.25, 0.3) is 6.08 Å². The lowest BCUT2D eigenvalue weighted by molar-refractivity contribution is 0.174. The van der Waals surface area contributed by atoms with Crippen LogP contribution in [0.4, 0.5) is 13.2 Å². The second kappa shape index (κ2) is 7.47. The zero-order chi connectivity index (χ0) is 20.5. The van der Waals surface area contributed by atoms with Gasteiger partial charge in [0.15, 0.2) is 11.5 Å². The largest absolute Gasteiger partial charge is 0.454 e. The van der Waals surface area contributed by atoms with E-state index in [2.05, 4.69) is 5.10 Å². The van der Waals surface area contributed by atoms with E-state index in [9.17, 15) is 18.0 Å². The molecular weight excluding hydrogens is 389 g/mol. The first-order valence-corrected chi connectivity index (χ1v) is 8.55. The Balaban J connectivity index is 1.65. The van der Waals surface area contributed by atoms with E-state index in [0.29, 0.717) is 22.6 Å². The highest BCUT2D eigenvalue weighted by Gasteiger charge is 2.17. The average molecular weight is 404 g/mol. The summed E-state index contributed by atoms with van der Waals surface area (Å²) < 4.78 is 52.7. The van der Waals surface area contributed by atoms with Gasteiger partial charge in [-0.1, -0.05) is 6.07 Å². The maximum Gasteiger partial charge on any atom is 0.350 e. The van der Waals surface area contributed by atoms with Crippen LogP contribution in [0.25, 0.3) is 16.8 Å². The van der Waals surface area contributed by atoms with Gasteiger partial charge >= 0.3 is 5.69 Å². The Morgan fingerprint density at radius 3 is 2.66 bits per heavy atom. The molecule has 0 saturated heterocycles. The van der Waals surface area contributed by atoms with Crippen molar-refractivity contribution in [3.63, 3.8) is 0 Å². The van der Waals surface area contributed by atoms with E-state index >= 15 is 0 Å². The number of nitrogens with zero attached hydrogens (tertiary/aromatic N) is 3. The number of hydrogen-bond acceptors (Lipinski definition) is 5. The Morgan fingerprint density at radius 2 is 1.93 bits per heavy atom. The quantitative estimate of drug-likeness (QED) is 0.707. The molecule has 0 amide bonds. The maximum atomic E-state index is 14.7. The second-order valence-corrected chi connectivity index (χ2v) is 6.24. The molecule has 4 rings (SSSR count). The fourth-order valence-electron chi connectivity index (χ4n) is 2.96. The lowest BCUT2D eigenvalue weighted by Crippen LogP contribution is -2.26. The Bertz CT molecular complexity index is 1170. The van der Waals surface area contributed by atoms with Crippen LogP contribution in [0.15, 0.2) is 59.2 Å². The predicted molar refractivity (Wildman–Crippen MR) is 97.6 cm³/mol. The van der Waals surface area contributed by atoms with Gasteiger partial charge in [0.2, 0.25) is 6.79 Å². The molecule has 1 aliphatic heterocycles. The van der Waals surface area contributed by atoms with Gasteiger partial charge in [-0.25, -0.2) is 18.4 Å². The minimum Gasteiger partial charge on any atom is -0.454 e. The van der Waals surface area contributed by atoms with Crippen LogP contribution in [-0.4, -0.2) is 27.7 Å². The fourth-order valence-corrected chi connectivity index (χ4v) is 2.96. The van der Waals surface area contributed by atoms with Crippen molar-refractivity contribution in [2.75, 3.05) is 13.3 Å². The second-order valence-electron chi connectivity index (χ2n) is 6.24. The smallest absolute Gasteiger partial charge is 0.350 e. The van der Waals surface area contributed by atoms with Crippen LogP contribution in [0.3, 0.4) is 0 Å². The van der Waals surface area contributed by atoms with Gasteiger partial charge in [0.1, 0.15) is 12.1 Å². The van der Waals surface area contributed by atoms with Crippen molar-refractivity contribution < 1.29 is 22.6 Å². The first-order valence-electron chi connectivity index (χ1n) is 8.55. The number of ether oxygens (including phenoxy) is 2. The van der Waals surface area contributed by atoms with Crippen molar-refractivity contribution in [3.05, 3.63) is 70.7 Å². The van der Waals surface area contributed by atoms with Gasteiger partial charge < -0.3 is 15.2 Å². The highest BCUT2D eigenvalue weighted by Crippen LogP contribution is 2.36. The molecule has 0 radical (unpaired) electrons. The van der Waals surface area contributed by atoms with E-state index in [1.54, 1.807) is 18.2 Å². The van der Waals surface area contributed by atoms with Gasteiger partial charge in [-0.3, -0.25) is 0 Å². The van der Waals surface area contributed by atoms with Crippen LogP contribution in [0.1, 0.15) is 0 Å². The van der Waals surface area contributed by atoms with Gasteiger partial charge in [-0.05, 0) is 35.9 Å². The number of halogens is 3. The summed E-state index contributed by atoms with van der Waals surface area (Å²) in [6.07, 6.45) is -0.810. The van der Waals surface area contributed by atoms with E-state index < -0.39 is 36.3 Å². The van der Waals surface area contributed by atoms with E-state index in [0.717, 1.165) is 15.6 Å². The Kier molecular flexibility index (Phi) is 4.85. The highest BCUT2D eigenvalue weighted by molar-refractivity contribution is 5.69. The fraction of sp³-hybridized carbons (Fsp3) is 0.158. The van der Waals surface area contributed by atoms with Gasteiger partial charge in [0.05, 0.1) is 12.2 Å². The van der Waals surface area contributed by atoms with Crippen LogP contribution < -0.4 is 20.9 Å². The standard InChI is InChI=1S/C19H15F3N4O3/c20-15-6-13(25-9-24-26(19(25)27)8-12(7-23)18(21)22)2-3-14(15)11-1-4-16-17(5-11)29-10-28-16/h1-6,9H,7-8,10,23H2. The predicted octanol–water partition coefficient (Wildman–Crippen LogP) is 2.68. The summed E-state index contributed by atoms with van der Waals surface area (Å²) in [4.78, 5) is 12.4. The minimum atomic E-state index is -1.95. The summed E-state index contributed by atoms with van der Waals surface area (Å²) >= 11 is 0. The van der Waals surface area contributed by atoms with Crippen molar-refractivity contribution in [2.24, 2.45) is 5.73 Å². The summed E-state index contributed by atoms with van der Waals surface area (Å²) in [6.45, 7) is -0.733. The Morgan fingerprint density at radius 1 is 1.14 bits per heavy atom. The Hall–Kier alpha value is -3.53. The van der Waals surface area contributed by atoms with Crippen LogP contribution in [-0.2, 0) is 6.54 Å². The molecule has 0 fully saturated rings. The molecule has 0 unspecified atom stereocenters. The third-order valence-corrected chi connectivity index (χ3v) is 4.50. The van der Waals surface area contributed by atoms with E-state index in [1.165, 1.54) is 18.2 Å². The molecule has 150 valence electrons. The SMILES string of the molecule is NCC(Cn1ncn(-c2ccc(-c3ccc4c(c3)OCO4)c(F)c2)c1=O)=C(F)F. The van der Waals surface area contributed by atoms with E-state index in [-0.39, 0.29) is 12.5 Å². The molecule has 0 aliphatic carbocycles. The summed E-state index contributed by atoms with van der Waals surface area (Å²) in [5.41, 5.74) is 5.27. The minimum absolute atomic E-state index is 0.112. The first-order chi connectivity index (χ1) is 14.0. The molecule has 0 spiro atoms. The number of nitrogens with two attached hydrogens (primary N) is 1. The molecule has 10 heteroatoms. The van der Waals surface area contributed by atoms with Crippen LogP contribution in [0.2, 0.25) is 0 Å². The number of benzene rings is 2. The van der Waals surface area contributed by atoms with Crippen molar-refractivity contribution in [1.29, 1.82) is 0 Å². The maximum absolute atomic E-state index is 14.7. The number of rotatable bonds is 5. The van der Waals surface area contributed by atoms with Crippen molar-refractivity contribution in [3.8, 4) is 28.3 Å². The number of hydrogen-bond donors (Lipinski definition) is 1. The Labute approximate surface area is 162 Å². The molecular formula is C19H15F3N4O3. The van der Waals surface area contributed by atoms with Gasteiger partial charge in [0, 0.05) is 17.7 Å². The molecule has 1 aromatic heterocycles. The third kappa shape index (κ3) is 3.49. The zero-order valence-corrected chi connectivity index (χ0v) is 14.9. The summed E-state index contributed by atoms with van der Waals surface area (Å²) in [5, 5.41) is 3.80. The van der Waals surface area contributed by atoms with Gasteiger partial charge in [-0.2, -0.15) is 13.9 Å². The molecule has 3 aromatic rings. The zero-order valence-electron chi connectivity index (χ0n) is 14.9. The summed E-state index contributed by atoms with van der Waals surface area (Å²) in [5.74, 6) is 0.533.